The van der Waals surface area contributed by atoms with Crippen molar-refractivity contribution in [3.8, 4) is 0 Å². The molecule has 0 fully saturated rings. The second-order valence-corrected chi connectivity index (χ2v) is 4.45. The van der Waals surface area contributed by atoms with Crippen molar-refractivity contribution >= 4 is 15.8 Å². The number of aryl methyl sites for hydroxylation is 1. The molecule has 1 rings (SSSR count). The number of rotatable bonds is 3. The highest BCUT2D eigenvalue weighted by molar-refractivity contribution is 7.92. The number of H-pyrrole nitrogens is 1. The van der Waals surface area contributed by atoms with Gasteiger partial charge in [0.25, 0.3) is 0 Å². The van der Waals surface area contributed by atoms with Crippen molar-refractivity contribution in [1.29, 1.82) is 0 Å². The molecule has 68 valence electrons. The van der Waals surface area contributed by atoms with E-state index in [1.165, 1.54) is 0 Å². The van der Waals surface area contributed by atoms with E-state index in [-0.39, 0.29) is 5.75 Å². The molecule has 5 nitrogen and oxygen atoms in total. The fourth-order valence-corrected chi connectivity index (χ4v) is 1.27. The minimum atomic E-state index is -3.19. The van der Waals surface area contributed by atoms with Crippen LogP contribution >= 0.6 is 0 Å². The van der Waals surface area contributed by atoms with Crippen LogP contribution in [0.15, 0.2) is 6.07 Å². The lowest BCUT2D eigenvalue weighted by molar-refractivity contribution is 0.602. The summed E-state index contributed by atoms with van der Waals surface area (Å²) >= 11 is 0. The van der Waals surface area contributed by atoms with Crippen molar-refractivity contribution in [2.24, 2.45) is 0 Å². The Balaban J connectivity index is 2.77. The van der Waals surface area contributed by atoms with Crippen LogP contribution in [0.4, 0.5) is 5.82 Å². The topological polar surface area (TPSA) is 74.8 Å². The number of nitrogens with zero attached hydrogens (tertiary/aromatic N) is 1. The van der Waals surface area contributed by atoms with Crippen LogP contribution in [0, 0.1) is 6.92 Å². The van der Waals surface area contributed by atoms with Gasteiger partial charge in [-0.15, -0.1) is 0 Å². The third-order valence-corrected chi connectivity index (χ3v) is 2.63. The molecule has 1 aromatic rings. The first-order chi connectivity index (χ1) is 5.53. The summed E-state index contributed by atoms with van der Waals surface area (Å²) in [7, 11) is -3.19. The van der Waals surface area contributed by atoms with Gasteiger partial charge in [-0.3, -0.25) is 9.82 Å². The molecule has 0 aromatic carbocycles. The average molecular weight is 189 g/mol. The first kappa shape index (κ1) is 9.05. The molecule has 1 aromatic heterocycles. The fourth-order valence-electron chi connectivity index (χ4n) is 0.702. The highest BCUT2D eigenvalue weighted by Crippen LogP contribution is 2.05. The minimum Gasteiger partial charge on any atom is -0.281 e. The third-order valence-electron chi connectivity index (χ3n) is 1.35. The zero-order chi connectivity index (χ0) is 9.19. The molecule has 0 bridgehead atoms. The summed E-state index contributed by atoms with van der Waals surface area (Å²) in [6.45, 7) is 3.37. The Morgan fingerprint density at radius 1 is 1.67 bits per heavy atom. The Kier molecular flexibility index (Phi) is 2.37. The largest absolute Gasteiger partial charge is 0.281 e. The van der Waals surface area contributed by atoms with E-state index >= 15 is 0 Å². The Morgan fingerprint density at radius 2 is 2.33 bits per heavy atom. The zero-order valence-electron chi connectivity index (χ0n) is 6.96. The molecule has 0 unspecified atom stereocenters. The Labute approximate surface area is 71.2 Å². The van der Waals surface area contributed by atoms with Crippen LogP contribution in [0.5, 0.6) is 0 Å². The maximum atomic E-state index is 11.0. The first-order valence-electron chi connectivity index (χ1n) is 3.56. The third kappa shape index (κ3) is 2.23. The summed E-state index contributed by atoms with van der Waals surface area (Å²) in [5.41, 5.74) is 0.823. The van der Waals surface area contributed by atoms with Gasteiger partial charge in [0.15, 0.2) is 5.82 Å². The lowest BCUT2D eigenvalue weighted by atomic mass is 10.5. The summed E-state index contributed by atoms with van der Waals surface area (Å²) in [5, 5.41) is 6.37. The minimum absolute atomic E-state index is 0.0545. The molecule has 0 saturated carbocycles. The van der Waals surface area contributed by atoms with Gasteiger partial charge in [0, 0.05) is 11.8 Å². The molecule has 0 aliphatic rings. The monoisotopic (exact) mass is 189 g/mol. The van der Waals surface area contributed by atoms with Gasteiger partial charge >= 0.3 is 0 Å². The molecular formula is C6H11N3O2S. The van der Waals surface area contributed by atoms with Crippen molar-refractivity contribution in [3.05, 3.63) is 11.8 Å². The molecule has 1 heterocycles. The van der Waals surface area contributed by atoms with Crippen molar-refractivity contribution in [3.63, 3.8) is 0 Å². The number of hydrogen-bond acceptors (Lipinski definition) is 3. The Morgan fingerprint density at radius 3 is 2.75 bits per heavy atom. The molecule has 0 aliphatic carbocycles. The maximum absolute atomic E-state index is 11.0. The van der Waals surface area contributed by atoms with Crippen molar-refractivity contribution in [1.82, 2.24) is 10.2 Å². The van der Waals surface area contributed by atoms with Crippen LogP contribution in [0.3, 0.4) is 0 Å². The molecular weight excluding hydrogens is 178 g/mol. The molecule has 0 aliphatic heterocycles. The summed E-state index contributed by atoms with van der Waals surface area (Å²) in [4.78, 5) is 0. The lowest BCUT2D eigenvalue weighted by Gasteiger charge is -1.99. The van der Waals surface area contributed by atoms with E-state index < -0.39 is 10.0 Å². The van der Waals surface area contributed by atoms with Gasteiger partial charge in [-0.05, 0) is 13.8 Å². The summed E-state index contributed by atoms with van der Waals surface area (Å²) in [6.07, 6.45) is 0. The number of hydrogen-bond donors (Lipinski definition) is 2. The maximum Gasteiger partial charge on any atom is 0.233 e. The SMILES string of the molecule is CCS(=O)(=O)Nc1cc(C)[nH]n1. The number of aromatic amines is 1. The van der Waals surface area contributed by atoms with E-state index in [4.69, 9.17) is 0 Å². The predicted octanol–water partition coefficient (Wildman–Crippen LogP) is 0.480. The summed E-state index contributed by atoms with van der Waals surface area (Å²) in [6, 6.07) is 1.63. The Hall–Kier alpha value is -1.04. The quantitative estimate of drug-likeness (QED) is 0.726. The van der Waals surface area contributed by atoms with E-state index in [9.17, 15) is 8.42 Å². The van der Waals surface area contributed by atoms with Gasteiger partial charge in [-0.2, -0.15) is 5.10 Å². The second kappa shape index (κ2) is 3.14. The van der Waals surface area contributed by atoms with Crippen LogP contribution in [-0.4, -0.2) is 24.4 Å². The van der Waals surface area contributed by atoms with Gasteiger partial charge in [-0.1, -0.05) is 0 Å². The van der Waals surface area contributed by atoms with Crippen LogP contribution in [-0.2, 0) is 10.0 Å². The van der Waals surface area contributed by atoms with Gasteiger partial charge < -0.3 is 0 Å². The van der Waals surface area contributed by atoms with E-state index in [1.54, 1.807) is 19.9 Å². The van der Waals surface area contributed by atoms with Crippen LogP contribution in [0.25, 0.3) is 0 Å². The van der Waals surface area contributed by atoms with E-state index in [0.29, 0.717) is 5.82 Å². The number of aromatic nitrogens is 2. The molecule has 0 radical (unpaired) electrons. The number of sulfonamides is 1. The van der Waals surface area contributed by atoms with Crippen molar-refractivity contribution in [2.45, 2.75) is 13.8 Å². The highest BCUT2D eigenvalue weighted by Gasteiger charge is 2.07. The summed E-state index contributed by atoms with van der Waals surface area (Å²) < 4.78 is 24.3. The van der Waals surface area contributed by atoms with Crippen LogP contribution < -0.4 is 4.72 Å². The highest BCUT2D eigenvalue weighted by atomic mass is 32.2. The summed E-state index contributed by atoms with van der Waals surface area (Å²) in [5.74, 6) is 0.396. The van der Waals surface area contributed by atoms with Crippen LogP contribution in [0.1, 0.15) is 12.6 Å². The van der Waals surface area contributed by atoms with E-state index in [2.05, 4.69) is 14.9 Å². The van der Waals surface area contributed by atoms with Crippen LogP contribution in [0.2, 0.25) is 0 Å². The molecule has 6 heteroatoms. The van der Waals surface area contributed by atoms with E-state index in [1.807, 2.05) is 0 Å². The lowest BCUT2D eigenvalue weighted by Crippen LogP contribution is -2.14. The molecule has 0 spiro atoms. The van der Waals surface area contributed by atoms with Crippen molar-refractivity contribution < 1.29 is 8.42 Å². The smallest absolute Gasteiger partial charge is 0.233 e. The first-order valence-corrected chi connectivity index (χ1v) is 5.21. The number of anilines is 1. The number of nitrogens with one attached hydrogen (secondary N) is 2. The predicted molar refractivity (Wildman–Crippen MR) is 46.4 cm³/mol. The standard InChI is InChI=1S/C6H11N3O2S/c1-3-12(10,11)9-6-4-5(2)7-8-6/h4H,3H2,1-2H3,(H2,7,8,9). The zero-order valence-corrected chi connectivity index (χ0v) is 7.77. The second-order valence-electron chi connectivity index (χ2n) is 2.44. The molecule has 2 N–H and O–H groups in total. The normalized spacial score (nSPS) is 11.5. The molecule has 0 saturated heterocycles. The molecule has 12 heavy (non-hydrogen) atoms. The van der Waals surface area contributed by atoms with Gasteiger partial charge in [0.05, 0.1) is 5.75 Å². The van der Waals surface area contributed by atoms with E-state index in [0.717, 1.165) is 5.69 Å². The van der Waals surface area contributed by atoms with Gasteiger partial charge in [0.2, 0.25) is 10.0 Å². The van der Waals surface area contributed by atoms with Gasteiger partial charge in [-0.25, -0.2) is 8.42 Å². The Bertz CT molecular complexity index is 355. The van der Waals surface area contributed by atoms with Gasteiger partial charge in [0.1, 0.15) is 0 Å². The fraction of sp³-hybridized carbons (Fsp3) is 0.500. The molecule has 0 atom stereocenters. The average Bonchev–Trinajstić information content (AvgIpc) is 2.35. The van der Waals surface area contributed by atoms with Crippen molar-refractivity contribution in [2.75, 3.05) is 10.5 Å². The molecule has 0 amide bonds.